The van der Waals surface area contributed by atoms with Crippen molar-refractivity contribution in [1.82, 2.24) is 5.32 Å². The zero-order valence-electron chi connectivity index (χ0n) is 13.4. The van der Waals surface area contributed by atoms with Crippen LogP contribution in [-0.4, -0.2) is 24.7 Å². The molecule has 0 saturated carbocycles. The number of carbonyl (C=O) groups is 2. The van der Waals surface area contributed by atoms with E-state index >= 15 is 0 Å². The standard InChI is InChI=1S/C17H11BrF4N2O3/c18-10-3-6-12-13(7-10)24-15(26)27-16(12,17(20,21)22)8-23-14(25)9-1-4-11(19)5-2-9/h1-7H,8H2,(H,23,25)(H,24,26). The number of cyclic esters (lactones) is 1. The largest absolute Gasteiger partial charge is 0.434 e. The lowest BCUT2D eigenvalue weighted by Crippen LogP contribution is -2.56. The Balaban J connectivity index is 1.96. The Bertz CT molecular complexity index is 902. The van der Waals surface area contributed by atoms with Crippen LogP contribution in [-0.2, 0) is 10.3 Å². The lowest BCUT2D eigenvalue weighted by molar-refractivity contribution is -0.261. The molecule has 1 heterocycles. The van der Waals surface area contributed by atoms with E-state index < -0.39 is 36.1 Å². The Hall–Kier alpha value is -2.62. The fourth-order valence-electron chi connectivity index (χ4n) is 2.67. The van der Waals surface area contributed by atoms with Crippen LogP contribution < -0.4 is 10.6 Å². The number of benzene rings is 2. The van der Waals surface area contributed by atoms with Crippen LogP contribution in [0.4, 0.5) is 28.0 Å². The molecule has 2 amide bonds. The molecule has 0 saturated heterocycles. The maximum atomic E-state index is 13.9. The Labute approximate surface area is 158 Å². The molecule has 0 aliphatic carbocycles. The maximum absolute atomic E-state index is 13.9. The molecule has 2 aromatic carbocycles. The second-order valence-corrected chi connectivity index (χ2v) is 6.63. The van der Waals surface area contributed by atoms with Crippen molar-refractivity contribution in [2.75, 3.05) is 11.9 Å². The lowest BCUT2D eigenvalue weighted by Gasteiger charge is -2.39. The number of nitrogens with one attached hydrogen (secondary N) is 2. The number of alkyl halides is 3. The fourth-order valence-corrected chi connectivity index (χ4v) is 3.03. The summed E-state index contributed by atoms with van der Waals surface area (Å²) in [4.78, 5) is 23.9. The number of amides is 2. The molecule has 27 heavy (non-hydrogen) atoms. The molecule has 1 unspecified atom stereocenters. The van der Waals surface area contributed by atoms with E-state index in [0.29, 0.717) is 4.47 Å². The summed E-state index contributed by atoms with van der Waals surface area (Å²) in [5, 5.41) is 4.32. The Morgan fingerprint density at radius 1 is 1.19 bits per heavy atom. The predicted molar refractivity (Wildman–Crippen MR) is 90.7 cm³/mol. The van der Waals surface area contributed by atoms with E-state index in [1.54, 1.807) is 0 Å². The molecular weight excluding hydrogens is 436 g/mol. The molecule has 1 aliphatic rings. The van der Waals surface area contributed by atoms with Crippen molar-refractivity contribution in [3.8, 4) is 0 Å². The Morgan fingerprint density at radius 3 is 2.48 bits per heavy atom. The number of ether oxygens (including phenoxy) is 1. The number of anilines is 1. The highest BCUT2D eigenvalue weighted by molar-refractivity contribution is 9.10. The molecule has 0 radical (unpaired) electrons. The molecule has 1 aliphatic heterocycles. The molecule has 5 nitrogen and oxygen atoms in total. The molecule has 10 heteroatoms. The first kappa shape index (κ1) is 19.2. The molecule has 2 N–H and O–H groups in total. The molecule has 3 rings (SSSR count). The van der Waals surface area contributed by atoms with Crippen molar-refractivity contribution in [2.45, 2.75) is 11.8 Å². The van der Waals surface area contributed by atoms with Crippen LogP contribution in [0.5, 0.6) is 0 Å². The summed E-state index contributed by atoms with van der Waals surface area (Å²) in [6.45, 7) is -1.05. The van der Waals surface area contributed by atoms with Crippen LogP contribution in [0, 0.1) is 5.82 Å². The number of halogens is 5. The summed E-state index contributed by atoms with van der Waals surface area (Å²) < 4.78 is 59.8. The normalized spacial score (nSPS) is 18.9. The van der Waals surface area contributed by atoms with Gasteiger partial charge in [0.2, 0.25) is 0 Å². The zero-order chi connectivity index (χ0) is 19.8. The summed E-state index contributed by atoms with van der Waals surface area (Å²) in [6.07, 6.45) is -6.31. The van der Waals surface area contributed by atoms with Gasteiger partial charge in [0.1, 0.15) is 5.82 Å². The Kier molecular flexibility index (Phi) is 4.85. The van der Waals surface area contributed by atoms with Crippen molar-refractivity contribution in [2.24, 2.45) is 0 Å². The van der Waals surface area contributed by atoms with Gasteiger partial charge in [-0.05, 0) is 36.4 Å². The number of hydrogen-bond acceptors (Lipinski definition) is 3. The third kappa shape index (κ3) is 3.61. The van der Waals surface area contributed by atoms with Crippen LogP contribution in [0.15, 0.2) is 46.9 Å². The molecule has 0 aromatic heterocycles. The van der Waals surface area contributed by atoms with E-state index in [9.17, 15) is 27.2 Å². The van der Waals surface area contributed by atoms with Gasteiger partial charge in [0.25, 0.3) is 11.5 Å². The molecule has 0 bridgehead atoms. The van der Waals surface area contributed by atoms with Gasteiger partial charge in [0, 0.05) is 15.6 Å². The SMILES string of the molecule is O=C1Nc2cc(Br)ccc2C(CNC(=O)c2ccc(F)cc2)(C(F)(F)F)O1. The van der Waals surface area contributed by atoms with Crippen molar-refractivity contribution >= 4 is 33.6 Å². The fraction of sp³-hybridized carbons (Fsp3) is 0.176. The second-order valence-electron chi connectivity index (χ2n) is 5.72. The summed E-state index contributed by atoms with van der Waals surface area (Å²) in [6, 6.07) is 8.09. The van der Waals surface area contributed by atoms with Gasteiger partial charge in [0.05, 0.1) is 12.2 Å². The number of hydrogen-bond donors (Lipinski definition) is 2. The minimum atomic E-state index is -5.01. The van der Waals surface area contributed by atoms with E-state index in [0.717, 1.165) is 30.3 Å². The van der Waals surface area contributed by atoms with E-state index in [-0.39, 0.29) is 16.8 Å². The third-order valence-electron chi connectivity index (χ3n) is 3.98. The van der Waals surface area contributed by atoms with Gasteiger partial charge in [-0.25, -0.2) is 9.18 Å². The van der Waals surface area contributed by atoms with E-state index in [1.165, 1.54) is 12.1 Å². The minimum Gasteiger partial charge on any atom is -0.426 e. The number of carbonyl (C=O) groups excluding carboxylic acids is 2. The number of rotatable bonds is 3. The monoisotopic (exact) mass is 446 g/mol. The third-order valence-corrected chi connectivity index (χ3v) is 4.48. The van der Waals surface area contributed by atoms with Crippen LogP contribution >= 0.6 is 15.9 Å². The average molecular weight is 447 g/mol. The van der Waals surface area contributed by atoms with Crippen molar-refractivity contribution < 1.29 is 31.9 Å². The van der Waals surface area contributed by atoms with E-state index in [1.807, 2.05) is 0 Å². The Morgan fingerprint density at radius 2 is 1.85 bits per heavy atom. The second kappa shape index (κ2) is 6.84. The van der Waals surface area contributed by atoms with Crippen molar-refractivity contribution in [3.05, 3.63) is 63.9 Å². The molecule has 142 valence electrons. The quantitative estimate of drug-likeness (QED) is 0.689. The van der Waals surface area contributed by atoms with Crippen LogP contribution in [0.2, 0.25) is 0 Å². The molecule has 1 atom stereocenters. The van der Waals surface area contributed by atoms with Crippen molar-refractivity contribution in [3.63, 3.8) is 0 Å². The van der Waals surface area contributed by atoms with Crippen LogP contribution in [0.25, 0.3) is 0 Å². The van der Waals surface area contributed by atoms with Crippen LogP contribution in [0.3, 0.4) is 0 Å². The maximum Gasteiger partial charge on any atom is 0.434 e. The smallest absolute Gasteiger partial charge is 0.426 e. The van der Waals surface area contributed by atoms with Gasteiger partial charge in [0.15, 0.2) is 0 Å². The molecule has 2 aromatic rings. The first-order valence-corrected chi connectivity index (χ1v) is 8.32. The molecular formula is C17H11BrF4N2O3. The van der Waals surface area contributed by atoms with Gasteiger partial charge in [-0.15, -0.1) is 0 Å². The summed E-state index contributed by atoms with van der Waals surface area (Å²) in [7, 11) is 0. The van der Waals surface area contributed by atoms with E-state index in [2.05, 4.69) is 31.3 Å². The molecule has 0 spiro atoms. The average Bonchev–Trinajstić information content (AvgIpc) is 2.58. The highest BCUT2D eigenvalue weighted by atomic mass is 79.9. The topological polar surface area (TPSA) is 67.4 Å². The zero-order valence-corrected chi connectivity index (χ0v) is 14.9. The summed E-state index contributed by atoms with van der Waals surface area (Å²) >= 11 is 3.12. The first-order valence-electron chi connectivity index (χ1n) is 7.53. The number of fused-ring (bicyclic) bond motifs is 1. The van der Waals surface area contributed by atoms with Gasteiger partial charge >= 0.3 is 12.3 Å². The van der Waals surface area contributed by atoms with Gasteiger partial charge < -0.3 is 10.1 Å². The van der Waals surface area contributed by atoms with Crippen molar-refractivity contribution in [1.29, 1.82) is 0 Å². The predicted octanol–water partition coefficient (Wildman–Crippen LogP) is 4.34. The van der Waals surface area contributed by atoms with E-state index in [4.69, 9.17) is 0 Å². The summed E-state index contributed by atoms with van der Waals surface area (Å²) in [5.74, 6) is -1.46. The van der Waals surface area contributed by atoms with Gasteiger partial charge in [-0.2, -0.15) is 13.2 Å². The first-order chi connectivity index (χ1) is 12.6. The molecule has 0 fully saturated rings. The van der Waals surface area contributed by atoms with Crippen LogP contribution in [0.1, 0.15) is 15.9 Å². The van der Waals surface area contributed by atoms with Gasteiger partial charge in [-0.3, -0.25) is 10.1 Å². The summed E-state index contributed by atoms with van der Waals surface area (Å²) in [5.41, 5.74) is -3.54. The lowest BCUT2D eigenvalue weighted by atomic mass is 9.89. The van der Waals surface area contributed by atoms with Gasteiger partial charge in [-0.1, -0.05) is 22.0 Å². The highest BCUT2D eigenvalue weighted by Crippen LogP contribution is 2.47. The highest BCUT2D eigenvalue weighted by Gasteiger charge is 2.62. The minimum absolute atomic E-state index is 0.0370.